The zero-order valence-electron chi connectivity index (χ0n) is 29.8. The second-order valence-electron chi connectivity index (χ2n) is 14.3. The Morgan fingerprint density at radius 3 is 2.02 bits per heavy atom. The van der Waals surface area contributed by atoms with Gasteiger partial charge in [-0.15, -0.1) is 0 Å². The number of nitrogens with zero attached hydrogens (tertiary/aromatic N) is 2. The Kier molecular flexibility index (Phi) is 6.83. The van der Waals surface area contributed by atoms with Crippen LogP contribution < -0.4 is 21.1 Å². The van der Waals surface area contributed by atoms with Crippen molar-refractivity contribution in [1.29, 1.82) is 0 Å². The molecule has 1 N–H and O–H groups in total. The highest BCUT2D eigenvalue weighted by molar-refractivity contribution is 6.74. The predicted molar refractivity (Wildman–Crippen MR) is 229 cm³/mol. The summed E-state index contributed by atoms with van der Waals surface area (Å²) >= 11 is 0. The van der Waals surface area contributed by atoms with Gasteiger partial charge >= 0.3 is 0 Å². The minimum atomic E-state index is 0.764. The number of anilines is 5. The lowest BCUT2D eigenvalue weighted by Gasteiger charge is -2.30. The van der Waals surface area contributed by atoms with Crippen molar-refractivity contribution in [2.24, 2.45) is 0 Å². The number of rotatable bonds is 6. The highest BCUT2D eigenvalue weighted by atomic mass is 16.3. The number of aromatic nitrogens is 1. The molecule has 8 aromatic carbocycles. The van der Waals surface area contributed by atoms with Crippen LogP contribution in [0.25, 0.3) is 60.6 Å². The first-order chi connectivity index (χ1) is 26.7. The van der Waals surface area contributed by atoms with Crippen LogP contribution in [0.1, 0.15) is 5.56 Å². The van der Waals surface area contributed by atoms with Gasteiger partial charge in [0.05, 0.1) is 16.7 Å². The monoisotopic (exact) mass is 691 g/mol. The first-order valence-electron chi connectivity index (χ1n) is 18.6. The Morgan fingerprint density at radius 2 is 1.24 bits per heavy atom. The Labute approximate surface area is 313 Å². The smallest absolute Gasteiger partial charge is 0.198 e. The lowest BCUT2D eigenvalue weighted by atomic mass is 9.59. The standard InChI is InChI=1S/C49H34BN3O/c1-31-24-26-32(27-25-31)51-41-21-11-8-18-35(41)39-29-44(52(33-14-4-2-5-15-33)34-16-6-3-7-17-34)47-37-20-9-12-22-42(37)53-43-28-38-36-19-10-13-23-45(36)54-46(38)30-40(43)50-48(39)49(47)53/h2-30,50-51H,1H3. The van der Waals surface area contributed by atoms with Crippen molar-refractivity contribution in [2.45, 2.75) is 6.92 Å². The topological polar surface area (TPSA) is 33.3 Å². The second-order valence-corrected chi connectivity index (χ2v) is 14.3. The van der Waals surface area contributed by atoms with Crippen LogP contribution in [-0.4, -0.2) is 11.8 Å². The van der Waals surface area contributed by atoms with Crippen LogP contribution in [0.3, 0.4) is 0 Å². The van der Waals surface area contributed by atoms with E-state index in [9.17, 15) is 0 Å². The molecular formula is C49H34BN3O. The zero-order valence-corrected chi connectivity index (χ0v) is 29.8. The SMILES string of the molecule is Cc1ccc(Nc2ccccc2-c2cc(N(c3ccccc3)c3ccccc3)c3c4ccccc4n4c3c2Bc2cc3oc5ccccc5c3cc2-4)cc1. The summed E-state index contributed by atoms with van der Waals surface area (Å²) in [6.07, 6.45) is 0. The number of benzene rings is 8. The summed E-state index contributed by atoms with van der Waals surface area (Å²) in [6, 6.07) is 63.2. The van der Waals surface area contributed by atoms with Crippen molar-refractivity contribution in [2.75, 3.05) is 10.2 Å². The minimum Gasteiger partial charge on any atom is -0.456 e. The molecule has 54 heavy (non-hydrogen) atoms. The van der Waals surface area contributed by atoms with E-state index in [0.717, 1.165) is 63.2 Å². The molecule has 10 aromatic rings. The minimum absolute atomic E-state index is 0.764. The third kappa shape index (κ3) is 4.72. The zero-order chi connectivity index (χ0) is 35.8. The summed E-state index contributed by atoms with van der Waals surface area (Å²) in [7, 11) is 0.764. The first-order valence-corrected chi connectivity index (χ1v) is 18.6. The highest BCUT2D eigenvalue weighted by Gasteiger charge is 2.31. The van der Waals surface area contributed by atoms with E-state index < -0.39 is 0 Å². The van der Waals surface area contributed by atoms with Gasteiger partial charge in [0.1, 0.15) is 11.2 Å². The fourth-order valence-corrected chi connectivity index (χ4v) is 8.60. The van der Waals surface area contributed by atoms with Gasteiger partial charge in [0.25, 0.3) is 0 Å². The molecule has 11 rings (SSSR count). The number of hydrogen-bond acceptors (Lipinski definition) is 3. The maximum absolute atomic E-state index is 6.48. The average Bonchev–Trinajstić information content (AvgIpc) is 3.76. The number of para-hydroxylation sites is 5. The Morgan fingerprint density at radius 1 is 0.574 bits per heavy atom. The third-order valence-corrected chi connectivity index (χ3v) is 11.0. The van der Waals surface area contributed by atoms with Gasteiger partial charge in [-0.05, 0) is 90.7 Å². The molecule has 254 valence electrons. The largest absolute Gasteiger partial charge is 0.456 e. The van der Waals surface area contributed by atoms with E-state index in [1.54, 1.807) is 0 Å². The maximum Gasteiger partial charge on any atom is 0.198 e. The van der Waals surface area contributed by atoms with E-state index in [1.807, 2.05) is 6.07 Å². The molecule has 1 aliphatic rings. The predicted octanol–water partition coefficient (Wildman–Crippen LogP) is 11.6. The van der Waals surface area contributed by atoms with Crippen molar-refractivity contribution >= 4 is 90.4 Å². The fourth-order valence-electron chi connectivity index (χ4n) is 8.60. The highest BCUT2D eigenvalue weighted by Crippen LogP contribution is 2.47. The molecule has 0 saturated carbocycles. The van der Waals surface area contributed by atoms with Crippen LogP contribution in [0.5, 0.6) is 0 Å². The quantitative estimate of drug-likeness (QED) is 0.176. The molecule has 5 heteroatoms. The van der Waals surface area contributed by atoms with Gasteiger partial charge in [-0.1, -0.05) is 114 Å². The number of aryl methyl sites for hydroxylation is 1. The van der Waals surface area contributed by atoms with Crippen molar-refractivity contribution in [1.82, 2.24) is 4.57 Å². The summed E-state index contributed by atoms with van der Waals surface area (Å²) in [5.74, 6) is 0. The van der Waals surface area contributed by atoms with E-state index in [2.05, 4.69) is 192 Å². The molecule has 0 saturated heterocycles. The summed E-state index contributed by atoms with van der Waals surface area (Å²) in [6.45, 7) is 2.13. The lowest BCUT2D eigenvalue weighted by molar-refractivity contribution is 0.669. The Balaban J connectivity index is 1.28. The molecule has 0 spiro atoms. The Bertz CT molecular complexity index is 3010. The molecule has 0 atom stereocenters. The van der Waals surface area contributed by atoms with Gasteiger partial charge in [0.2, 0.25) is 0 Å². The van der Waals surface area contributed by atoms with Crippen LogP contribution in [0, 0.1) is 6.92 Å². The molecule has 0 fully saturated rings. The van der Waals surface area contributed by atoms with Gasteiger partial charge in [-0.2, -0.15) is 0 Å². The van der Waals surface area contributed by atoms with Crippen molar-refractivity contribution in [3.8, 4) is 16.8 Å². The molecule has 0 amide bonds. The first kappa shape index (κ1) is 30.6. The summed E-state index contributed by atoms with van der Waals surface area (Å²) in [5, 5.41) is 8.53. The van der Waals surface area contributed by atoms with Crippen LogP contribution in [0.2, 0.25) is 0 Å². The molecule has 1 aliphatic heterocycles. The molecule has 2 aromatic heterocycles. The second kappa shape index (κ2) is 12.0. The average molecular weight is 692 g/mol. The van der Waals surface area contributed by atoms with Crippen LogP contribution >= 0.6 is 0 Å². The summed E-state index contributed by atoms with van der Waals surface area (Å²) in [5.41, 5.74) is 17.1. The molecule has 0 radical (unpaired) electrons. The van der Waals surface area contributed by atoms with Crippen LogP contribution in [0.4, 0.5) is 28.4 Å². The number of furan rings is 1. The number of hydrogen-bond donors (Lipinski definition) is 1. The van der Waals surface area contributed by atoms with Gasteiger partial charge < -0.3 is 19.2 Å². The van der Waals surface area contributed by atoms with Gasteiger partial charge in [0, 0.05) is 55.5 Å². The van der Waals surface area contributed by atoms with E-state index in [1.165, 1.54) is 49.5 Å². The number of nitrogens with one attached hydrogen (secondary N) is 1. The maximum atomic E-state index is 6.48. The van der Waals surface area contributed by atoms with Gasteiger partial charge in [0.15, 0.2) is 7.28 Å². The van der Waals surface area contributed by atoms with Gasteiger partial charge in [-0.3, -0.25) is 0 Å². The van der Waals surface area contributed by atoms with E-state index in [-0.39, 0.29) is 0 Å². The summed E-state index contributed by atoms with van der Waals surface area (Å²) < 4.78 is 9.01. The van der Waals surface area contributed by atoms with Crippen molar-refractivity contribution in [3.63, 3.8) is 0 Å². The molecule has 4 nitrogen and oxygen atoms in total. The van der Waals surface area contributed by atoms with Crippen molar-refractivity contribution in [3.05, 3.63) is 181 Å². The fraction of sp³-hybridized carbons (Fsp3) is 0.0204. The molecule has 0 unspecified atom stereocenters. The lowest BCUT2D eigenvalue weighted by Crippen LogP contribution is -2.37. The molecule has 0 bridgehead atoms. The van der Waals surface area contributed by atoms with Crippen LogP contribution in [-0.2, 0) is 0 Å². The molecule has 0 aliphatic carbocycles. The van der Waals surface area contributed by atoms with E-state index in [0.29, 0.717) is 0 Å². The number of fused-ring (bicyclic) bond motifs is 8. The third-order valence-electron chi connectivity index (χ3n) is 11.0. The Hall–Kier alpha value is -6.98. The van der Waals surface area contributed by atoms with E-state index >= 15 is 0 Å². The van der Waals surface area contributed by atoms with Crippen LogP contribution in [0.15, 0.2) is 180 Å². The van der Waals surface area contributed by atoms with Gasteiger partial charge in [-0.25, -0.2) is 0 Å². The molecule has 3 heterocycles. The van der Waals surface area contributed by atoms with E-state index in [4.69, 9.17) is 4.42 Å². The van der Waals surface area contributed by atoms with Crippen molar-refractivity contribution < 1.29 is 4.42 Å². The molecular weight excluding hydrogens is 657 g/mol. The summed E-state index contributed by atoms with van der Waals surface area (Å²) in [4.78, 5) is 2.43. The normalized spacial score (nSPS) is 11.9.